The third-order valence-electron chi connectivity index (χ3n) is 5.94. The molecule has 1 aliphatic rings. The van der Waals surface area contributed by atoms with Gasteiger partial charge in [-0.15, -0.1) is 0 Å². The van der Waals surface area contributed by atoms with Crippen LogP contribution in [0.3, 0.4) is 0 Å². The van der Waals surface area contributed by atoms with Crippen LogP contribution < -0.4 is 0 Å². The van der Waals surface area contributed by atoms with Crippen LogP contribution in [0, 0.1) is 16.0 Å². The molecule has 1 saturated heterocycles. The van der Waals surface area contributed by atoms with Gasteiger partial charge < -0.3 is 9.30 Å². The molecule has 0 N–H and O–H groups in total. The van der Waals surface area contributed by atoms with E-state index in [4.69, 9.17) is 4.74 Å². The van der Waals surface area contributed by atoms with Gasteiger partial charge in [0, 0.05) is 18.6 Å². The maximum atomic E-state index is 12.9. The summed E-state index contributed by atoms with van der Waals surface area (Å²) in [7, 11) is -2.25. The number of ketones is 1. The van der Waals surface area contributed by atoms with Crippen molar-refractivity contribution in [3.8, 4) is 0 Å². The number of amides is 1. The molecule has 0 aromatic heterocycles. The standard InChI is InChI=1S/C20H28N2O6Si/c1-13(23)11-16-17(18(24)21(16)29(5,6)20(2,3)4)19(25)28-12-14-7-9-15(10-8-14)22(26)27/h7-10,16-17H,11-12H2,1-6H3. The molecule has 0 radical (unpaired) electrons. The lowest BCUT2D eigenvalue weighted by atomic mass is 9.87. The Morgan fingerprint density at radius 2 is 1.76 bits per heavy atom. The Morgan fingerprint density at radius 3 is 2.21 bits per heavy atom. The Bertz CT molecular complexity index is 828. The molecule has 1 fully saturated rings. The number of Topliss-reactive ketones (excluding diaryl/α,β-unsaturated/α-hetero) is 1. The molecule has 0 aliphatic carbocycles. The van der Waals surface area contributed by atoms with E-state index in [0.717, 1.165) is 0 Å². The molecule has 8 nitrogen and oxygen atoms in total. The van der Waals surface area contributed by atoms with Crippen LogP contribution in [0.4, 0.5) is 5.69 Å². The fraction of sp³-hybridized carbons (Fsp3) is 0.550. The normalized spacial score (nSPS) is 19.5. The summed E-state index contributed by atoms with van der Waals surface area (Å²) in [6.07, 6.45) is 0.121. The average Bonchev–Trinajstić information content (AvgIpc) is 2.58. The molecule has 1 aromatic carbocycles. The number of nitrogens with zero attached hydrogens (tertiary/aromatic N) is 2. The van der Waals surface area contributed by atoms with Crippen molar-refractivity contribution in [3.63, 3.8) is 0 Å². The van der Waals surface area contributed by atoms with E-state index in [1.54, 1.807) is 4.57 Å². The van der Waals surface area contributed by atoms with Crippen molar-refractivity contribution in [1.29, 1.82) is 0 Å². The van der Waals surface area contributed by atoms with Crippen LogP contribution in [0.25, 0.3) is 0 Å². The van der Waals surface area contributed by atoms with Gasteiger partial charge in [-0.05, 0) is 29.7 Å². The fourth-order valence-electron chi connectivity index (χ4n) is 3.32. The second kappa shape index (κ2) is 8.06. The second-order valence-corrected chi connectivity index (χ2v) is 14.1. The van der Waals surface area contributed by atoms with Gasteiger partial charge in [-0.3, -0.25) is 24.5 Å². The Labute approximate surface area is 171 Å². The molecule has 1 aromatic rings. The number of nitro benzene ring substituents is 1. The highest BCUT2D eigenvalue weighted by molar-refractivity contribution is 6.80. The number of non-ortho nitro benzene ring substituents is 1. The molecule has 2 atom stereocenters. The number of nitro groups is 1. The Hall–Kier alpha value is -2.55. The Balaban J connectivity index is 2.13. The van der Waals surface area contributed by atoms with Gasteiger partial charge in [-0.2, -0.15) is 0 Å². The molecule has 2 unspecified atom stereocenters. The SMILES string of the molecule is CC(=O)CC1C(C(=O)OCc2ccc([N+](=O)[O-])cc2)C(=O)N1[Si](C)(C)C(C)(C)C. The minimum Gasteiger partial charge on any atom is -0.460 e. The fourth-order valence-corrected chi connectivity index (χ4v) is 5.80. The number of carbonyl (C=O) groups excluding carboxylic acids is 3. The van der Waals surface area contributed by atoms with Gasteiger partial charge in [-0.25, -0.2) is 0 Å². The van der Waals surface area contributed by atoms with Crippen LogP contribution in [0.5, 0.6) is 0 Å². The Morgan fingerprint density at radius 1 is 1.21 bits per heavy atom. The smallest absolute Gasteiger partial charge is 0.320 e. The number of benzene rings is 1. The van der Waals surface area contributed by atoms with Gasteiger partial charge in [0.05, 0.1) is 11.0 Å². The number of ether oxygens (including phenoxy) is 1. The van der Waals surface area contributed by atoms with Crippen LogP contribution in [0.15, 0.2) is 24.3 Å². The highest BCUT2D eigenvalue weighted by atomic mass is 28.3. The predicted molar refractivity (Wildman–Crippen MR) is 110 cm³/mol. The van der Waals surface area contributed by atoms with Crippen molar-refractivity contribution in [1.82, 2.24) is 4.57 Å². The maximum absolute atomic E-state index is 12.9. The first kappa shape index (κ1) is 22.7. The van der Waals surface area contributed by atoms with Crippen molar-refractivity contribution >= 4 is 31.6 Å². The van der Waals surface area contributed by atoms with Crippen molar-refractivity contribution in [2.45, 2.75) is 64.9 Å². The first-order chi connectivity index (χ1) is 13.3. The highest BCUT2D eigenvalue weighted by Gasteiger charge is 2.60. The van der Waals surface area contributed by atoms with Gasteiger partial charge in [-0.1, -0.05) is 33.9 Å². The number of esters is 1. The molecule has 1 aliphatic heterocycles. The molecule has 29 heavy (non-hydrogen) atoms. The van der Waals surface area contributed by atoms with E-state index in [0.29, 0.717) is 5.56 Å². The zero-order valence-electron chi connectivity index (χ0n) is 17.7. The van der Waals surface area contributed by atoms with Crippen LogP contribution in [0.2, 0.25) is 18.1 Å². The third-order valence-corrected chi connectivity index (χ3v) is 11.4. The van der Waals surface area contributed by atoms with Gasteiger partial charge in [0.2, 0.25) is 5.91 Å². The minimum absolute atomic E-state index is 0.0548. The lowest BCUT2D eigenvalue weighted by Crippen LogP contribution is -2.74. The monoisotopic (exact) mass is 420 g/mol. The lowest BCUT2D eigenvalue weighted by molar-refractivity contribution is -0.384. The summed E-state index contributed by atoms with van der Waals surface area (Å²) in [6, 6.07) is 5.18. The first-order valence-electron chi connectivity index (χ1n) is 9.50. The van der Waals surface area contributed by atoms with E-state index in [-0.39, 0.29) is 35.4 Å². The summed E-state index contributed by atoms with van der Waals surface area (Å²) in [5, 5.41) is 10.6. The summed E-state index contributed by atoms with van der Waals surface area (Å²) in [5.41, 5.74) is 0.529. The van der Waals surface area contributed by atoms with Crippen LogP contribution in [-0.4, -0.2) is 41.4 Å². The van der Waals surface area contributed by atoms with E-state index in [9.17, 15) is 24.5 Å². The lowest BCUT2D eigenvalue weighted by Gasteiger charge is -2.57. The molecule has 0 spiro atoms. The Kier molecular flexibility index (Phi) is 6.32. The number of carbonyl (C=O) groups is 3. The van der Waals surface area contributed by atoms with E-state index >= 15 is 0 Å². The van der Waals surface area contributed by atoms with E-state index in [1.165, 1.54) is 31.2 Å². The van der Waals surface area contributed by atoms with Gasteiger partial charge in [0.1, 0.15) is 12.4 Å². The minimum atomic E-state index is -2.25. The van der Waals surface area contributed by atoms with Crippen LogP contribution in [-0.2, 0) is 25.7 Å². The van der Waals surface area contributed by atoms with E-state index in [1.807, 2.05) is 0 Å². The molecular formula is C20H28N2O6Si. The first-order valence-corrected chi connectivity index (χ1v) is 12.4. The zero-order valence-corrected chi connectivity index (χ0v) is 18.7. The second-order valence-electron chi connectivity index (χ2n) is 9.00. The van der Waals surface area contributed by atoms with Crippen LogP contribution in [0.1, 0.15) is 39.7 Å². The number of hydrogen-bond acceptors (Lipinski definition) is 6. The largest absolute Gasteiger partial charge is 0.460 e. The summed E-state index contributed by atoms with van der Waals surface area (Å²) < 4.78 is 7.08. The molecule has 2 rings (SSSR count). The number of hydrogen-bond donors (Lipinski definition) is 0. The van der Waals surface area contributed by atoms with Gasteiger partial charge >= 0.3 is 5.97 Å². The van der Waals surface area contributed by atoms with Gasteiger partial charge in [0.25, 0.3) is 5.69 Å². The summed E-state index contributed by atoms with van der Waals surface area (Å²) in [4.78, 5) is 47.5. The molecule has 0 bridgehead atoms. The van der Waals surface area contributed by atoms with Crippen molar-refractivity contribution in [3.05, 3.63) is 39.9 Å². The summed E-state index contributed by atoms with van der Waals surface area (Å²) in [5.74, 6) is -2.00. The van der Waals surface area contributed by atoms with Crippen LogP contribution >= 0.6 is 0 Å². The van der Waals surface area contributed by atoms with E-state index < -0.39 is 31.1 Å². The molecule has 9 heteroatoms. The van der Waals surface area contributed by atoms with E-state index in [2.05, 4.69) is 33.9 Å². The summed E-state index contributed by atoms with van der Waals surface area (Å²) >= 11 is 0. The highest BCUT2D eigenvalue weighted by Crippen LogP contribution is 2.45. The molecule has 158 valence electrons. The zero-order chi connectivity index (χ0) is 22.1. The maximum Gasteiger partial charge on any atom is 0.320 e. The molecule has 0 saturated carbocycles. The van der Waals surface area contributed by atoms with Gasteiger partial charge in [0.15, 0.2) is 14.2 Å². The van der Waals surface area contributed by atoms with Crippen molar-refractivity contribution in [2.24, 2.45) is 5.92 Å². The quantitative estimate of drug-likeness (QED) is 0.167. The molecular weight excluding hydrogens is 392 g/mol. The number of rotatable bonds is 7. The molecule has 1 amide bonds. The molecule has 1 heterocycles. The predicted octanol–water partition coefficient (Wildman–Crippen LogP) is 3.45. The number of β-lactam (4-membered cyclic amide) rings is 1. The summed E-state index contributed by atoms with van der Waals surface area (Å²) in [6.45, 7) is 11.7. The average molecular weight is 421 g/mol. The third kappa shape index (κ3) is 4.55. The van der Waals surface area contributed by atoms with Crippen molar-refractivity contribution in [2.75, 3.05) is 0 Å². The van der Waals surface area contributed by atoms with Crippen molar-refractivity contribution < 1.29 is 24.0 Å². The topological polar surface area (TPSA) is 107 Å².